The minimum Gasteiger partial charge on any atom is -0.268 e. The molecule has 2 aromatic carbocycles. The van der Waals surface area contributed by atoms with Crippen LogP contribution in [0.15, 0.2) is 59.6 Å². The van der Waals surface area contributed by atoms with Gasteiger partial charge in [-0.2, -0.15) is 0 Å². The molecule has 0 amide bonds. The molecule has 3 aliphatic rings. The van der Waals surface area contributed by atoms with Gasteiger partial charge < -0.3 is 0 Å². The molecular weight excluding hydrogens is 304 g/mol. The minimum absolute atomic E-state index is 0.395. The third-order valence-electron chi connectivity index (χ3n) is 6.27. The van der Waals surface area contributed by atoms with E-state index in [2.05, 4.69) is 66.4 Å². The van der Waals surface area contributed by atoms with Crippen LogP contribution in [0.4, 0.5) is 0 Å². The maximum Gasteiger partial charge on any atom is 0.106 e. The van der Waals surface area contributed by atoms with Crippen LogP contribution in [-0.2, 0) is 0 Å². The third kappa shape index (κ3) is 2.64. The average Bonchev–Trinajstić information content (AvgIpc) is 3.28. The van der Waals surface area contributed by atoms with E-state index in [-0.39, 0.29) is 0 Å². The van der Waals surface area contributed by atoms with E-state index in [9.17, 15) is 0 Å². The molecule has 5 rings (SSSR count). The number of hydrogen-bond donors (Lipinski definition) is 0. The lowest BCUT2D eigenvalue weighted by Gasteiger charge is -2.28. The highest BCUT2D eigenvalue weighted by molar-refractivity contribution is 6.08. The molecule has 2 nitrogen and oxygen atoms in total. The Morgan fingerprint density at radius 2 is 1.56 bits per heavy atom. The summed E-state index contributed by atoms with van der Waals surface area (Å²) in [4.78, 5) is 7.94. The Balaban J connectivity index is 1.50. The van der Waals surface area contributed by atoms with Crippen molar-refractivity contribution in [2.75, 3.05) is 0 Å². The predicted octanol–water partition coefficient (Wildman–Crippen LogP) is 5.13. The van der Waals surface area contributed by atoms with E-state index in [0.717, 1.165) is 5.92 Å². The van der Waals surface area contributed by atoms with Crippen molar-refractivity contribution < 1.29 is 0 Å². The van der Waals surface area contributed by atoms with Crippen molar-refractivity contribution in [1.82, 2.24) is 4.90 Å². The minimum atomic E-state index is 0.395. The Kier molecular flexibility index (Phi) is 3.74. The van der Waals surface area contributed by atoms with E-state index in [1.54, 1.807) is 0 Å². The van der Waals surface area contributed by atoms with E-state index in [1.807, 2.05) is 0 Å². The monoisotopic (exact) mass is 330 g/mol. The zero-order chi connectivity index (χ0) is 16.8. The molecule has 0 bridgehead atoms. The summed E-state index contributed by atoms with van der Waals surface area (Å²) in [6, 6.07) is 21.0. The zero-order valence-electron chi connectivity index (χ0n) is 14.9. The van der Waals surface area contributed by atoms with Gasteiger partial charge >= 0.3 is 0 Å². The fraction of sp³-hybridized carbons (Fsp3) is 0.435. The molecule has 25 heavy (non-hydrogen) atoms. The molecule has 0 aromatic heterocycles. The van der Waals surface area contributed by atoms with Crippen LogP contribution in [0, 0.1) is 12.8 Å². The van der Waals surface area contributed by atoms with Crippen LogP contribution in [0.3, 0.4) is 0 Å². The smallest absolute Gasteiger partial charge is 0.106 e. The summed E-state index contributed by atoms with van der Waals surface area (Å²) in [5.41, 5.74) is 5.41. The standard InChI is InChI=1S/C23H26N2/c1-16-12-14-17(15-13-16)20-22-21(18-8-4-2-5-9-18)25(22)23(24-20)19-10-6-3-7-11-19/h2,4-5,8-9,12-15,19,21-23H,3,6-7,10-11H2,1H3/t21-,22+,23-,25?/m0/s1. The first kappa shape index (κ1) is 15.3. The normalized spacial score (nSPS) is 31.5. The second kappa shape index (κ2) is 6.10. The highest BCUT2D eigenvalue weighted by atomic mass is 15.5. The first-order valence-corrected chi connectivity index (χ1v) is 9.80. The molecule has 128 valence electrons. The average molecular weight is 330 g/mol. The van der Waals surface area contributed by atoms with Gasteiger partial charge in [-0.1, -0.05) is 79.4 Å². The Bertz CT molecular complexity index is 771. The summed E-state index contributed by atoms with van der Waals surface area (Å²) in [5, 5.41) is 0. The second-order valence-corrected chi connectivity index (χ2v) is 7.94. The number of hydrogen-bond acceptors (Lipinski definition) is 2. The molecule has 1 unspecified atom stereocenters. The van der Waals surface area contributed by atoms with Crippen LogP contribution < -0.4 is 0 Å². The van der Waals surface area contributed by atoms with Crippen LogP contribution in [0.25, 0.3) is 0 Å². The largest absolute Gasteiger partial charge is 0.268 e. The van der Waals surface area contributed by atoms with Crippen molar-refractivity contribution >= 4 is 5.71 Å². The van der Waals surface area contributed by atoms with E-state index in [4.69, 9.17) is 4.99 Å². The van der Waals surface area contributed by atoms with E-state index >= 15 is 0 Å². The van der Waals surface area contributed by atoms with Crippen molar-refractivity contribution in [3.8, 4) is 0 Å². The lowest BCUT2D eigenvalue weighted by atomic mass is 9.87. The summed E-state index contributed by atoms with van der Waals surface area (Å²) in [6.45, 7) is 2.15. The Hall–Kier alpha value is -1.93. The van der Waals surface area contributed by atoms with E-state index in [0.29, 0.717) is 18.2 Å². The molecule has 2 aliphatic heterocycles. The summed E-state index contributed by atoms with van der Waals surface area (Å²) in [6.07, 6.45) is 7.26. The van der Waals surface area contributed by atoms with Crippen LogP contribution in [0.2, 0.25) is 0 Å². The summed E-state index contributed by atoms with van der Waals surface area (Å²) < 4.78 is 0. The first-order chi connectivity index (χ1) is 12.3. The van der Waals surface area contributed by atoms with Crippen molar-refractivity contribution in [3.05, 3.63) is 71.3 Å². The quantitative estimate of drug-likeness (QED) is 0.712. The van der Waals surface area contributed by atoms with Crippen molar-refractivity contribution in [2.24, 2.45) is 10.9 Å². The number of nitrogens with zero attached hydrogens (tertiary/aromatic N) is 2. The molecular formula is C23H26N2. The molecule has 2 heterocycles. The van der Waals surface area contributed by atoms with Gasteiger partial charge in [-0.05, 0) is 36.8 Å². The molecule has 2 aromatic rings. The maximum atomic E-state index is 5.26. The fourth-order valence-corrected chi connectivity index (χ4v) is 4.91. The molecule has 2 heteroatoms. The molecule has 0 spiro atoms. The lowest BCUT2D eigenvalue weighted by Crippen LogP contribution is -2.27. The van der Waals surface area contributed by atoms with Gasteiger partial charge in [-0.3, -0.25) is 9.89 Å². The van der Waals surface area contributed by atoms with Crippen molar-refractivity contribution in [3.63, 3.8) is 0 Å². The Labute approximate surface area is 150 Å². The maximum absolute atomic E-state index is 5.26. The second-order valence-electron chi connectivity index (χ2n) is 7.94. The molecule has 0 radical (unpaired) electrons. The number of benzene rings is 2. The molecule has 2 fully saturated rings. The third-order valence-corrected chi connectivity index (χ3v) is 6.27. The SMILES string of the molecule is Cc1ccc(C2=N[C@H](C3CCCCC3)N3[C@H]2[C@@H]3c2ccccc2)cc1. The topological polar surface area (TPSA) is 15.4 Å². The molecule has 4 atom stereocenters. The number of aryl methyl sites for hydroxylation is 1. The highest BCUT2D eigenvalue weighted by Gasteiger charge is 2.60. The van der Waals surface area contributed by atoms with E-state index < -0.39 is 0 Å². The summed E-state index contributed by atoms with van der Waals surface area (Å²) in [5.74, 6) is 0.743. The van der Waals surface area contributed by atoms with Crippen molar-refractivity contribution in [1.29, 1.82) is 0 Å². The highest BCUT2D eigenvalue weighted by Crippen LogP contribution is 2.53. The van der Waals surface area contributed by atoms with Gasteiger partial charge in [-0.15, -0.1) is 0 Å². The Morgan fingerprint density at radius 3 is 2.28 bits per heavy atom. The number of fused-ring (bicyclic) bond motifs is 1. The fourth-order valence-electron chi connectivity index (χ4n) is 4.91. The zero-order valence-corrected chi connectivity index (χ0v) is 14.9. The molecule has 1 aliphatic carbocycles. The van der Waals surface area contributed by atoms with Crippen LogP contribution in [0.1, 0.15) is 54.8 Å². The molecule has 0 N–H and O–H groups in total. The number of aliphatic imine (C=N–C) groups is 1. The lowest BCUT2D eigenvalue weighted by molar-refractivity contribution is 0.219. The molecule has 1 saturated carbocycles. The van der Waals surface area contributed by atoms with Gasteiger partial charge in [0.2, 0.25) is 0 Å². The van der Waals surface area contributed by atoms with Gasteiger partial charge in [0, 0.05) is 0 Å². The Morgan fingerprint density at radius 1 is 0.840 bits per heavy atom. The van der Waals surface area contributed by atoms with Gasteiger partial charge in [0.15, 0.2) is 0 Å². The summed E-state index contributed by atoms with van der Waals surface area (Å²) >= 11 is 0. The van der Waals surface area contributed by atoms with Gasteiger partial charge in [0.05, 0.1) is 17.8 Å². The van der Waals surface area contributed by atoms with Gasteiger partial charge in [0.25, 0.3) is 0 Å². The van der Waals surface area contributed by atoms with Crippen molar-refractivity contribution in [2.45, 2.75) is 57.3 Å². The van der Waals surface area contributed by atoms with E-state index in [1.165, 1.54) is 54.5 Å². The molecule has 1 saturated heterocycles. The van der Waals surface area contributed by atoms with Gasteiger partial charge in [-0.25, -0.2) is 0 Å². The van der Waals surface area contributed by atoms with Crippen LogP contribution in [-0.4, -0.2) is 22.8 Å². The van der Waals surface area contributed by atoms with Gasteiger partial charge in [0.1, 0.15) is 6.17 Å². The number of rotatable bonds is 3. The van der Waals surface area contributed by atoms with Crippen LogP contribution >= 0.6 is 0 Å². The first-order valence-electron chi connectivity index (χ1n) is 9.80. The summed E-state index contributed by atoms with van der Waals surface area (Å²) in [7, 11) is 0. The van der Waals surface area contributed by atoms with Crippen LogP contribution in [0.5, 0.6) is 0 Å². The predicted molar refractivity (Wildman–Crippen MR) is 103 cm³/mol.